The molecule has 14 heavy (non-hydrogen) atoms. The van der Waals surface area contributed by atoms with Crippen LogP contribution in [0.1, 0.15) is 10.4 Å². The lowest BCUT2D eigenvalue weighted by Crippen LogP contribution is -2.04. The van der Waals surface area contributed by atoms with E-state index in [0.717, 1.165) is 0 Å². The van der Waals surface area contributed by atoms with E-state index in [4.69, 9.17) is 26.8 Å². The molecule has 1 aliphatic rings. The van der Waals surface area contributed by atoms with Crippen molar-refractivity contribution in [2.75, 3.05) is 18.4 Å². The van der Waals surface area contributed by atoms with Crippen LogP contribution < -0.4 is 15.2 Å². The molecule has 0 unspecified atom stereocenters. The molecule has 4 nitrogen and oxygen atoms in total. The van der Waals surface area contributed by atoms with Crippen molar-refractivity contribution in [3.8, 4) is 11.5 Å². The number of anilines is 1. The van der Waals surface area contributed by atoms with Crippen LogP contribution in [-0.2, 0) is 0 Å². The van der Waals surface area contributed by atoms with Gasteiger partial charge in [-0.2, -0.15) is 0 Å². The zero-order valence-corrected chi connectivity index (χ0v) is 8.00. The molecule has 0 atom stereocenters. The summed E-state index contributed by atoms with van der Waals surface area (Å²) in [7, 11) is 0. The number of ketones is 1. The van der Waals surface area contributed by atoms with Crippen molar-refractivity contribution in [1.29, 1.82) is 0 Å². The monoisotopic (exact) mass is 213 g/mol. The Kier molecular flexibility index (Phi) is 2.21. The zero-order valence-electron chi connectivity index (χ0n) is 7.25. The molecule has 0 radical (unpaired) electrons. The Balaban J connectivity index is 2.47. The maximum atomic E-state index is 11.3. The van der Waals surface area contributed by atoms with Crippen LogP contribution in [0.3, 0.4) is 0 Å². The summed E-state index contributed by atoms with van der Waals surface area (Å²) in [5.74, 6) is 0.785. The summed E-state index contributed by atoms with van der Waals surface area (Å²) in [5, 5.41) is 0. The highest BCUT2D eigenvalue weighted by atomic mass is 35.5. The van der Waals surface area contributed by atoms with E-state index in [2.05, 4.69) is 0 Å². The van der Waals surface area contributed by atoms with E-state index in [1.165, 1.54) is 0 Å². The third-order valence-corrected chi connectivity index (χ3v) is 2.21. The van der Waals surface area contributed by atoms with Gasteiger partial charge in [0.25, 0.3) is 0 Å². The number of fused-ring (bicyclic) bond motifs is 1. The summed E-state index contributed by atoms with van der Waals surface area (Å²) in [6, 6.07) is 3.13. The van der Waals surface area contributed by atoms with E-state index in [-0.39, 0.29) is 18.5 Å². The predicted octanol–water partition coefficient (Wildman–Crippen LogP) is 1.42. The van der Waals surface area contributed by atoms with E-state index in [1.54, 1.807) is 12.1 Å². The number of Topliss-reactive ketones (excluding diaryl/α,β-unsaturated/α-hetero) is 1. The second kappa shape index (κ2) is 3.38. The maximum absolute atomic E-state index is 11.3. The van der Waals surface area contributed by atoms with E-state index in [1.807, 2.05) is 0 Å². The minimum absolute atomic E-state index is 0.0934. The Morgan fingerprint density at radius 1 is 1.43 bits per heavy atom. The number of nitrogens with two attached hydrogens (primary N) is 1. The van der Waals surface area contributed by atoms with Crippen molar-refractivity contribution >= 4 is 23.1 Å². The number of halogens is 1. The number of rotatable bonds is 2. The van der Waals surface area contributed by atoms with Crippen molar-refractivity contribution < 1.29 is 14.3 Å². The highest BCUT2D eigenvalue weighted by molar-refractivity contribution is 6.31. The first-order valence-corrected chi connectivity index (χ1v) is 4.54. The minimum atomic E-state index is -0.220. The van der Waals surface area contributed by atoms with Crippen molar-refractivity contribution in [2.45, 2.75) is 0 Å². The lowest BCUT2D eigenvalue weighted by atomic mass is 10.1. The average Bonchev–Trinajstić information content (AvgIpc) is 2.62. The van der Waals surface area contributed by atoms with Gasteiger partial charge >= 0.3 is 0 Å². The van der Waals surface area contributed by atoms with Crippen LogP contribution in [-0.4, -0.2) is 18.5 Å². The topological polar surface area (TPSA) is 61.6 Å². The molecule has 0 fully saturated rings. The minimum Gasteiger partial charge on any atom is -0.454 e. The normalized spacial score (nSPS) is 12.9. The molecule has 74 valence electrons. The molecule has 0 amide bonds. The molecule has 0 saturated heterocycles. The number of hydrogen-bond donors (Lipinski definition) is 1. The first-order chi connectivity index (χ1) is 6.72. The molecule has 1 aliphatic heterocycles. The van der Waals surface area contributed by atoms with Gasteiger partial charge in [-0.3, -0.25) is 4.79 Å². The number of nitrogen functional groups attached to an aromatic ring is 1. The summed E-state index contributed by atoms with van der Waals surface area (Å²) < 4.78 is 10.2. The summed E-state index contributed by atoms with van der Waals surface area (Å²) in [5.41, 5.74) is 6.40. The Labute approximate surface area is 85.6 Å². The Morgan fingerprint density at radius 3 is 2.71 bits per heavy atom. The molecular weight excluding hydrogens is 206 g/mol. The van der Waals surface area contributed by atoms with Crippen LogP contribution in [0.15, 0.2) is 12.1 Å². The second-order valence-corrected chi connectivity index (χ2v) is 3.12. The molecule has 2 N–H and O–H groups in total. The fourth-order valence-corrected chi connectivity index (χ4v) is 1.42. The lowest BCUT2D eigenvalue weighted by molar-refractivity contribution is 0.102. The summed E-state index contributed by atoms with van der Waals surface area (Å²) >= 11 is 5.43. The number of hydrogen-bond acceptors (Lipinski definition) is 4. The predicted molar refractivity (Wildman–Crippen MR) is 52.0 cm³/mol. The third-order valence-electron chi connectivity index (χ3n) is 1.97. The van der Waals surface area contributed by atoms with Crippen LogP contribution in [0.4, 0.5) is 5.69 Å². The van der Waals surface area contributed by atoms with Crippen molar-refractivity contribution in [3.05, 3.63) is 17.7 Å². The molecule has 1 aromatic carbocycles. The van der Waals surface area contributed by atoms with Crippen LogP contribution in [0.2, 0.25) is 0 Å². The van der Waals surface area contributed by atoms with E-state index < -0.39 is 0 Å². The molecule has 0 aliphatic carbocycles. The molecule has 2 rings (SSSR count). The Bertz CT molecular complexity index is 392. The van der Waals surface area contributed by atoms with Gasteiger partial charge in [0.2, 0.25) is 6.79 Å². The summed E-state index contributed by atoms with van der Waals surface area (Å²) in [4.78, 5) is 11.3. The van der Waals surface area contributed by atoms with Crippen LogP contribution in [0.25, 0.3) is 0 Å². The zero-order chi connectivity index (χ0) is 10.1. The number of carbonyl (C=O) groups excluding carboxylic acids is 1. The lowest BCUT2D eigenvalue weighted by Gasteiger charge is -2.04. The van der Waals surface area contributed by atoms with Crippen molar-refractivity contribution in [2.24, 2.45) is 0 Å². The van der Waals surface area contributed by atoms with Gasteiger partial charge in [0.15, 0.2) is 17.3 Å². The van der Waals surface area contributed by atoms with Gasteiger partial charge in [0.05, 0.1) is 5.88 Å². The number of ether oxygens (including phenoxy) is 2. The molecule has 1 heterocycles. The highest BCUT2D eigenvalue weighted by Crippen LogP contribution is 2.36. The fourth-order valence-electron chi connectivity index (χ4n) is 1.27. The molecule has 0 aromatic heterocycles. The van der Waals surface area contributed by atoms with E-state index >= 15 is 0 Å². The molecule has 0 saturated carbocycles. The standard InChI is InChI=1S/C9H8ClNO3/c10-3-7(12)5-1-8-9(2-6(5)11)14-4-13-8/h1-2H,3-4,11H2. The largest absolute Gasteiger partial charge is 0.454 e. The Hall–Kier alpha value is -1.42. The van der Waals surface area contributed by atoms with Gasteiger partial charge in [0.1, 0.15) is 0 Å². The van der Waals surface area contributed by atoms with Gasteiger partial charge in [-0.15, -0.1) is 11.6 Å². The smallest absolute Gasteiger partial charge is 0.231 e. The van der Waals surface area contributed by atoms with Gasteiger partial charge in [0, 0.05) is 17.3 Å². The Morgan fingerprint density at radius 2 is 2.07 bits per heavy atom. The van der Waals surface area contributed by atoms with Gasteiger partial charge in [-0.05, 0) is 6.07 Å². The van der Waals surface area contributed by atoms with Gasteiger partial charge in [-0.1, -0.05) is 0 Å². The average molecular weight is 214 g/mol. The third kappa shape index (κ3) is 1.37. The van der Waals surface area contributed by atoms with Crippen LogP contribution >= 0.6 is 11.6 Å². The fraction of sp³-hybridized carbons (Fsp3) is 0.222. The van der Waals surface area contributed by atoms with Gasteiger partial charge < -0.3 is 15.2 Å². The molecule has 5 heteroatoms. The molecule has 1 aromatic rings. The van der Waals surface area contributed by atoms with Crippen LogP contribution in [0.5, 0.6) is 11.5 Å². The maximum Gasteiger partial charge on any atom is 0.231 e. The first kappa shape index (κ1) is 9.15. The quantitative estimate of drug-likeness (QED) is 0.459. The molecule has 0 spiro atoms. The van der Waals surface area contributed by atoms with Gasteiger partial charge in [-0.25, -0.2) is 0 Å². The summed E-state index contributed by atoms with van der Waals surface area (Å²) in [6.07, 6.45) is 0. The first-order valence-electron chi connectivity index (χ1n) is 4.00. The molecule has 0 bridgehead atoms. The van der Waals surface area contributed by atoms with Crippen molar-refractivity contribution in [1.82, 2.24) is 0 Å². The number of carbonyl (C=O) groups is 1. The van der Waals surface area contributed by atoms with Crippen LogP contribution in [0, 0.1) is 0 Å². The summed E-state index contributed by atoms with van der Waals surface area (Å²) in [6.45, 7) is 0.160. The van der Waals surface area contributed by atoms with E-state index in [0.29, 0.717) is 22.7 Å². The SMILES string of the molecule is Nc1cc2c(cc1C(=O)CCl)OCO2. The van der Waals surface area contributed by atoms with Crippen molar-refractivity contribution in [3.63, 3.8) is 0 Å². The number of alkyl halides is 1. The highest BCUT2D eigenvalue weighted by Gasteiger charge is 2.18. The number of benzene rings is 1. The second-order valence-electron chi connectivity index (χ2n) is 2.85. The van der Waals surface area contributed by atoms with E-state index in [9.17, 15) is 4.79 Å². The molecular formula is C9H8ClNO3.